The number of nitrogens with one attached hydrogen (secondary N) is 1. The van der Waals surface area contributed by atoms with E-state index >= 15 is 0 Å². The Morgan fingerprint density at radius 1 is 1.42 bits per heavy atom. The van der Waals surface area contributed by atoms with Crippen LogP contribution >= 0.6 is 0 Å². The molecule has 3 aliphatic rings. The number of hydrogen-bond donors (Lipinski definition) is 1. The third-order valence-electron chi connectivity index (χ3n) is 6.00. The van der Waals surface area contributed by atoms with E-state index in [1.165, 1.54) is 0 Å². The third-order valence-corrected chi connectivity index (χ3v) is 6.00. The summed E-state index contributed by atoms with van der Waals surface area (Å²) in [5.41, 5.74) is 1.61. The highest BCUT2D eigenvalue weighted by atomic mass is 16.5. The van der Waals surface area contributed by atoms with E-state index in [1.807, 2.05) is 11.8 Å². The number of rotatable bonds is 3. The number of carbonyl (C=O) groups excluding carboxylic acids is 1. The van der Waals surface area contributed by atoms with Crippen LogP contribution < -0.4 is 0 Å². The summed E-state index contributed by atoms with van der Waals surface area (Å²) in [7, 11) is 0. The molecule has 3 heterocycles. The van der Waals surface area contributed by atoms with Crippen LogP contribution in [-0.4, -0.2) is 44.2 Å². The van der Waals surface area contributed by atoms with Crippen molar-refractivity contribution in [2.75, 3.05) is 13.1 Å². The van der Waals surface area contributed by atoms with E-state index in [0.29, 0.717) is 30.1 Å². The second-order valence-corrected chi connectivity index (χ2v) is 7.55. The molecule has 7 heteroatoms. The minimum Gasteiger partial charge on any atom is -0.339 e. The monoisotopic (exact) mass is 327 g/mol. The summed E-state index contributed by atoms with van der Waals surface area (Å²) in [5.74, 6) is 2.38. The lowest BCUT2D eigenvalue weighted by Crippen LogP contribution is -2.35. The number of hydrogen-bond acceptors (Lipinski definition) is 5. The predicted octanol–water partition coefficient (Wildman–Crippen LogP) is 2.17. The topological polar surface area (TPSA) is 87.9 Å². The van der Waals surface area contributed by atoms with Crippen LogP contribution in [0.5, 0.6) is 0 Å². The molecule has 0 unspecified atom stereocenters. The third kappa shape index (κ3) is 1.96. The maximum atomic E-state index is 13.1. The van der Waals surface area contributed by atoms with E-state index in [4.69, 9.17) is 4.52 Å². The lowest BCUT2D eigenvalue weighted by atomic mass is 9.80. The Kier molecular flexibility index (Phi) is 2.90. The van der Waals surface area contributed by atoms with Gasteiger partial charge < -0.3 is 9.42 Å². The fourth-order valence-electron chi connectivity index (χ4n) is 4.61. The second-order valence-electron chi connectivity index (χ2n) is 7.55. The van der Waals surface area contributed by atoms with Gasteiger partial charge in [0, 0.05) is 19.0 Å². The van der Waals surface area contributed by atoms with Crippen LogP contribution in [0.2, 0.25) is 0 Å². The van der Waals surface area contributed by atoms with Gasteiger partial charge in [0.25, 0.3) is 5.91 Å². The molecule has 0 spiro atoms. The minimum absolute atomic E-state index is 0.0932. The van der Waals surface area contributed by atoms with Crippen molar-refractivity contribution >= 4 is 5.91 Å². The number of amides is 1. The fourth-order valence-corrected chi connectivity index (χ4v) is 4.61. The standard InChI is InChI=1S/C17H21N5O2/c1-10-19-16(24-21-10)17-6-2-3-12(17)8-22(9-17)15(23)13-7-18-20-14(13)11-4-5-11/h7,11-12H,2-6,8-9H2,1H3,(H,18,20)/t12-,17-/m0/s1. The first-order chi connectivity index (χ1) is 11.7. The molecule has 2 aromatic rings. The summed E-state index contributed by atoms with van der Waals surface area (Å²) in [6.45, 7) is 3.29. The number of nitrogens with zero attached hydrogens (tertiary/aromatic N) is 4. The fraction of sp³-hybridized carbons (Fsp3) is 0.647. The molecule has 1 amide bonds. The summed E-state index contributed by atoms with van der Waals surface area (Å²) in [5, 5.41) is 11.1. The highest BCUT2D eigenvalue weighted by Gasteiger charge is 2.55. The van der Waals surface area contributed by atoms with Gasteiger partial charge in [-0.25, -0.2) is 0 Å². The van der Waals surface area contributed by atoms with Gasteiger partial charge in [0.05, 0.1) is 22.9 Å². The summed E-state index contributed by atoms with van der Waals surface area (Å²) in [4.78, 5) is 19.5. The number of fused-ring (bicyclic) bond motifs is 1. The Morgan fingerprint density at radius 2 is 2.29 bits per heavy atom. The average molecular weight is 327 g/mol. The molecule has 2 aromatic heterocycles. The molecular weight excluding hydrogens is 306 g/mol. The van der Waals surface area contributed by atoms with Crippen LogP contribution in [-0.2, 0) is 5.41 Å². The molecule has 1 aliphatic heterocycles. The van der Waals surface area contributed by atoms with Crippen molar-refractivity contribution in [1.82, 2.24) is 25.2 Å². The molecule has 0 radical (unpaired) electrons. The van der Waals surface area contributed by atoms with Crippen LogP contribution in [0.4, 0.5) is 0 Å². The number of aryl methyl sites for hydroxylation is 1. The molecule has 24 heavy (non-hydrogen) atoms. The zero-order chi connectivity index (χ0) is 16.3. The lowest BCUT2D eigenvalue weighted by Gasteiger charge is -2.24. The quantitative estimate of drug-likeness (QED) is 0.933. The van der Waals surface area contributed by atoms with E-state index in [9.17, 15) is 4.79 Å². The first-order valence-electron chi connectivity index (χ1n) is 8.81. The number of likely N-dealkylation sites (tertiary alicyclic amines) is 1. The van der Waals surface area contributed by atoms with Crippen LogP contribution in [0, 0.1) is 12.8 Å². The SMILES string of the molecule is Cc1noc([C@]23CCC[C@H]2CN(C(=O)c2cn[nH]c2C2CC2)C3)n1. The number of carbonyl (C=O) groups is 1. The molecule has 2 saturated carbocycles. The summed E-state index contributed by atoms with van der Waals surface area (Å²) in [6, 6.07) is 0. The molecule has 2 atom stereocenters. The zero-order valence-electron chi connectivity index (χ0n) is 13.8. The van der Waals surface area contributed by atoms with Crippen LogP contribution in [0.15, 0.2) is 10.7 Å². The molecule has 7 nitrogen and oxygen atoms in total. The zero-order valence-corrected chi connectivity index (χ0v) is 13.8. The van der Waals surface area contributed by atoms with Crippen molar-refractivity contribution in [3.8, 4) is 0 Å². The number of aromatic nitrogens is 4. The number of aromatic amines is 1. The Bertz CT molecular complexity index is 793. The first kappa shape index (κ1) is 14.2. The smallest absolute Gasteiger partial charge is 0.257 e. The molecule has 1 saturated heterocycles. The van der Waals surface area contributed by atoms with E-state index < -0.39 is 0 Å². The molecule has 0 aromatic carbocycles. The van der Waals surface area contributed by atoms with Gasteiger partial charge in [-0.05, 0) is 38.5 Å². The van der Waals surface area contributed by atoms with Crippen molar-refractivity contribution in [3.63, 3.8) is 0 Å². The van der Waals surface area contributed by atoms with Gasteiger partial charge in [0.1, 0.15) is 0 Å². The minimum atomic E-state index is -0.152. The van der Waals surface area contributed by atoms with Gasteiger partial charge in [-0.2, -0.15) is 10.1 Å². The van der Waals surface area contributed by atoms with Crippen molar-refractivity contribution in [2.45, 2.75) is 50.4 Å². The Labute approximate surface area is 139 Å². The second kappa shape index (κ2) is 4.91. The van der Waals surface area contributed by atoms with Crippen molar-refractivity contribution < 1.29 is 9.32 Å². The van der Waals surface area contributed by atoms with Crippen LogP contribution in [0.1, 0.15) is 65.8 Å². The molecule has 1 N–H and O–H groups in total. The Hall–Kier alpha value is -2.18. The van der Waals surface area contributed by atoms with Gasteiger partial charge in [0.2, 0.25) is 5.89 Å². The van der Waals surface area contributed by atoms with Gasteiger partial charge in [0.15, 0.2) is 5.82 Å². The Balaban J connectivity index is 1.45. The maximum Gasteiger partial charge on any atom is 0.257 e. The maximum absolute atomic E-state index is 13.1. The van der Waals surface area contributed by atoms with Gasteiger partial charge in [-0.3, -0.25) is 9.89 Å². The average Bonchev–Trinajstić information content (AvgIpc) is 2.98. The predicted molar refractivity (Wildman–Crippen MR) is 84.5 cm³/mol. The number of H-pyrrole nitrogens is 1. The van der Waals surface area contributed by atoms with Crippen molar-refractivity contribution in [3.05, 3.63) is 29.2 Å². The van der Waals surface area contributed by atoms with Crippen molar-refractivity contribution in [2.24, 2.45) is 5.92 Å². The summed E-state index contributed by atoms with van der Waals surface area (Å²) in [6.07, 6.45) is 7.28. The van der Waals surface area contributed by atoms with Crippen molar-refractivity contribution in [1.29, 1.82) is 0 Å². The lowest BCUT2D eigenvalue weighted by molar-refractivity contribution is 0.0774. The molecule has 126 valence electrons. The summed E-state index contributed by atoms with van der Waals surface area (Å²) < 4.78 is 5.53. The molecule has 0 bridgehead atoms. The Morgan fingerprint density at radius 3 is 3.04 bits per heavy atom. The molecule has 3 fully saturated rings. The van der Waals surface area contributed by atoms with Gasteiger partial charge in [-0.1, -0.05) is 11.6 Å². The molecule has 2 aliphatic carbocycles. The van der Waals surface area contributed by atoms with Crippen LogP contribution in [0.25, 0.3) is 0 Å². The summed E-state index contributed by atoms with van der Waals surface area (Å²) >= 11 is 0. The largest absolute Gasteiger partial charge is 0.339 e. The van der Waals surface area contributed by atoms with E-state index in [-0.39, 0.29) is 11.3 Å². The van der Waals surface area contributed by atoms with E-state index in [2.05, 4.69) is 20.3 Å². The molecular formula is C17H21N5O2. The molecule has 5 rings (SSSR count). The highest BCUT2D eigenvalue weighted by Crippen LogP contribution is 2.50. The first-order valence-corrected chi connectivity index (χ1v) is 8.81. The van der Waals surface area contributed by atoms with Gasteiger partial charge >= 0.3 is 0 Å². The van der Waals surface area contributed by atoms with E-state index in [1.54, 1.807) is 6.20 Å². The van der Waals surface area contributed by atoms with Gasteiger partial charge in [-0.15, -0.1) is 0 Å². The van der Waals surface area contributed by atoms with E-state index in [0.717, 1.165) is 49.9 Å². The highest BCUT2D eigenvalue weighted by molar-refractivity contribution is 5.95. The van der Waals surface area contributed by atoms with Crippen LogP contribution in [0.3, 0.4) is 0 Å². The normalized spacial score (nSPS) is 29.2.